The zero-order valence-corrected chi connectivity index (χ0v) is 19.7. The molecule has 35 heavy (non-hydrogen) atoms. The van der Waals surface area contributed by atoms with E-state index in [1.54, 1.807) is 72.8 Å². The van der Waals surface area contributed by atoms with Crippen molar-refractivity contribution in [2.75, 3.05) is 0 Å². The lowest BCUT2D eigenvalue weighted by Crippen LogP contribution is -2.02. The van der Waals surface area contributed by atoms with Gasteiger partial charge in [0.05, 0.1) is 9.85 Å². The van der Waals surface area contributed by atoms with E-state index in [1.807, 2.05) is 0 Å². The molecule has 0 bridgehead atoms. The Hall–Kier alpha value is -3.94. The molecule has 9 heteroatoms. The van der Waals surface area contributed by atoms with E-state index < -0.39 is 9.85 Å². The Morgan fingerprint density at radius 1 is 0.600 bits per heavy atom. The van der Waals surface area contributed by atoms with Crippen molar-refractivity contribution >= 4 is 34.6 Å². The van der Waals surface area contributed by atoms with Crippen LogP contribution in [0, 0.1) is 20.2 Å². The maximum atomic E-state index is 12.0. The second-order valence-corrected chi connectivity index (χ2v) is 8.62. The minimum absolute atomic E-state index is 0.0757. The molecule has 0 aliphatic rings. The summed E-state index contributed by atoms with van der Waals surface area (Å²) in [6.45, 7) is 0. The highest BCUT2D eigenvalue weighted by Crippen LogP contribution is 2.40. The van der Waals surface area contributed by atoms with Gasteiger partial charge in [0.2, 0.25) is 11.5 Å². The molecule has 0 saturated carbocycles. The molecule has 7 nitrogen and oxygen atoms in total. The molecule has 0 unspecified atom stereocenters. The van der Waals surface area contributed by atoms with E-state index in [0.29, 0.717) is 21.2 Å². The smallest absolute Gasteiger partial charge is 0.315 e. The SMILES string of the molecule is O=[N+]([O-])c1c(Cc2ccc(Cl)cc2)cccc1Oc1cccc(Cc2ccc(Cl)cc2)c1[N+](=O)[O-]. The second-order valence-electron chi connectivity index (χ2n) is 7.75. The molecule has 0 aliphatic heterocycles. The average molecular weight is 509 g/mol. The van der Waals surface area contributed by atoms with Crippen LogP contribution in [0.15, 0.2) is 84.9 Å². The largest absolute Gasteiger partial charge is 0.443 e. The Labute approximate surface area is 210 Å². The highest BCUT2D eigenvalue weighted by molar-refractivity contribution is 6.30. The van der Waals surface area contributed by atoms with Crippen LogP contribution in [0.25, 0.3) is 0 Å². The van der Waals surface area contributed by atoms with E-state index in [4.69, 9.17) is 27.9 Å². The Morgan fingerprint density at radius 2 is 0.971 bits per heavy atom. The molecule has 176 valence electrons. The Morgan fingerprint density at radius 3 is 1.31 bits per heavy atom. The summed E-state index contributed by atoms with van der Waals surface area (Å²) in [7, 11) is 0. The fraction of sp³-hybridized carbons (Fsp3) is 0.0769. The van der Waals surface area contributed by atoms with Crippen molar-refractivity contribution in [3.63, 3.8) is 0 Å². The number of halogens is 2. The third kappa shape index (κ3) is 5.77. The van der Waals surface area contributed by atoms with E-state index in [-0.39, 0.29) is 35.7 Å². The van der Waals surface area contributed by atoms with Gasteiger partial charge in [0.1, 0.15) is 0 Å². The van der Waals surface area contributed by atoms with Crippen LogP contribution in [0.3, 0.4) is 0 Å². The molecule has 0 N–H and O–H groups in total. The Kier molecular flexibility index (Phi) is 7.29. The van der Waals surface area contributed by atoms with E-state index in [0.717, 1.165) is 11.1 Å². The van der Waals surface area contributed by atoms with Crippen molar-refractivity contribution in [2.45, 2.75) is 12.8 Å². The summed E-state index contributed by atoms with van der Waals surface area (Å²) < 4.78 is 5.83. The topological polar surface area (TPSA) is 95.5 Å². The monoisotopic (exact) mass is 508 g/mol. The van der Waals surface area contributed by atoms with Crippen molar-refractivity contribution in [3.8, 4) is 11.5 Å². The van der Waals surface area contributed by atoms with Gasteiger partial charge in [0.15, 0.2) is 0 Å². The van der Waals surface area contributed by atoms with Crippen LogP contribution < -0.4 is 4.74 Å². The normalized spacial score (nSPS) is 10.7. The summed E-state index contributed by atoms with van der Waals surface area (Å²) in [6, 6.07) is 23.3. The fourth-order valence-electron chi connectivity index (χ4n) is 3.76. The van der Waals surface area contributed by atoms with Crippen molar-refractivity contribution in [1.29, 1.82) is 0 Å². The lowest BCUT2D eigenvalue weighted by atomic mass is 10.0. The molecular weight excluding hydrogens is 491 g/mol. The van der Waals surface area contributed by atoms with Crippen LogP contribution in [0.4, 0.5) is 11.4 Å². The zero-order chi connectivity index (χ0) is 24.9. The number of nitro groups is 2. The number of hydrogen-bond acceptors (Lipinski definition) is 5. The molecule has 0 amide bonds. The molecule has 0 heterocycles. The maximum absolute atomic E-state index is 12.0. The van der Waals surface area contributed by atoms with E-state index in [9.17, 15) is 20.2 Å². The minimum atomic E-state index is -0.538. The summed E-state index contributed by atoms with van der Waals surface area (Å²) in [5.41, 5.74) is 1.97. The van der Waals surface area contributed by atoms with Crippen molar-refractivity contribution in [1.82, 2.24) is 0 Å². The molecule has 4 aromatic carbocycles. The van der Waals surface area contributed by atoms with Crippen LogP contribution >= 0.6 is 23.2 Å². The first-order chi connectivity index (χ1) is 16.8. The summed E-state index contributed by atoms with van der Waals surface area (Å²) in [5.74, 6) is -0.151. The molecule has 0 radical (unpaired) electrons. The predicted molar refractivity (Wildman–Crippen MR) is 135 cm³/mol. The molecule has 0 fully saturated rings. The lowest BCUT2D eigenvalue weighted by Gasteiger charge is -2.12. The first-order valence-corrected chi connectivity index (χ1v) is 11.3. The van der Waals surface area contributed by atoms with Crippen molar-refractivity contribution in [3.05, 3.63) is 137 Å². The zero-order valence-electron chi connectivity index (χ0n) is 18.2. The fourth-order valence-corrected chi connectivity index (χ4v) is 4.01. The molecule has 0 atom stereocenters. The van der Waals surface area contributed by atoms with Gasteiger partial charge in [-0.05, 0) is 47.5 Å². The van der Waals surface area contributed by atoms with Gasteiger partial charge >= 0.3 is 11.4 Å². The van der Waals surface area contributed by atoms with Gasteiger partial charge < -0.3 is 4.74 Å². The Bertz CT molecular complexity index is 1280. The van der Waals surface area contributed by atoms with Crippen molar-refractivity contribution in [2.24, 2.45) is 0 Å². The van der Waals surface area contributed by atoms with Crippen LogP contribution in [-0.2, 0) is 12.8 Å². The summed E-state index contributed by atoms with van der Waals surface area (Å²) in [4.78, 5) is 22.9. The van der Waals surface area contributed by atoms with Crippen LogP contribution in [0.1, 0.15) is 22.3 Å². The van der Waals surface area contributed by atoms with Crippen LogP contribution in [-0.4, -0.2) is 9.85 Å². The van der Waals surface area contributed by atoms with Gasteiger partial charge in [-0.3, -0.25) is 20.2 Å². The van der Waals surface area contributed by atoms with Crippen LogP contribution in [0.5, 0.6) is 11.5 Å². The number of hydrogen-bond donors (Lipinski definition) is 0. The molecule has 4 aromatic rings. The third-order valence-corrected chi connectivity index (χ3v) is 5.87. The number of para-hydroxylation sites is 2. The molecule has 0 aromatic heterocycles. The predicted octanol–water partition coefficient (Wildman–Crippen LogP) is 7.78. The quantitative estimate of drug-likeness (QED) is 0.179. The number of rotatable bonds is 8. The number of benzene rings is 4. The van der Waals surface area contributed by atoms with E-state index in [2.05, 4.69) is 0 Å². The van der Waals surface area contributed by atoms with Gasteiger partial charge in [-0.2, -0.15) is 0 Å². The summed E-state index contributed by atoms with van der Waals surface area (Å²) >= 11 is 11.9. The highest BCUT2D eigenvalue weighted by atomic mass is 35.5. The van der Waals surface area contributed by atoms with E-state index in [1.165, 1.54) is 12.1 Å². The van der Waals surface area contributed by atoms with Gasteiger partial charge in [-0.15, -0.1) is 0 Å². The molecule has 0 saturated heterocycles. The second kappa shape index (κ2) is 10.5. The van der Waals surface area contributed by atoms with Gasteiger partial charge in [0, 0.05) is 34.0 Å². The number of nitrogens with zero attached hydrogens (tertiary/aromatic N) is 2. The average Bonchev–Trinajstić information content (AvgIpc) is 2.82. The first kappa shape index (κ1) is 24.2. The number of ether oxygens (including phenoxy) is 1. The number of nitro benzene ring substituents is 2. The third-order valence-electron chi connectivity index (χ3n) is 5.37. The Balaban J connectivity index is 1.71. The van der Waals surface area contributed by atoms with E-state index >= 15 is 0 Å². The highest BCUT2D eigenvalue weighted by Gasteiger charge is 2.26. The molecule has 0 aliphatic carbocycles. The van der Waals surface area contributed by atoms with Crippen LogP contribution in [0.2, 0.25) is 10.0 Å². The maximum Gasteiger partial charge on any atom is 0.315 e. The molecular formula is C26H18Cl2N2O5. The van der Waals surface area contributed by atoms with Crippen molar-refractivity contribution < 1.29 is 14.6 Å². The lowest BCUT2D eigenvalue weighted by molar-refractivity contribution is -0.388. The standard InChI is InChI=1S/C26H18Cl2N2O5/c27-21-11-7-17(8-12-21)15-19-3-1-5-23(25(19)29(31)32)35-24-6-2-4-20(26(24)30(33)34)16-18-9-13-22(28)14-10-18/h1-14H,15-16H2. The van der Waals surface area contributed by atoms with Gasteiger partial charge in [-0.25, -0.2) is 0 Å². The summed E-state index contributed by atoms with van der Waals surface area (Å²) in [5, 5.41) is 25.1. The van der Waals surface area contributed by atoms with Gasteiger partial charge in [-0.1, -0.05) is 71.7 Å². The minimum Gasteiger partial charge on any atom is -0.443 e. The van der Waals surface area contributed by atoms with Gasteiger partial charge in [0.25, 0.3) is 0 Å². The molecule has 4 rings (SSSR count). The molecule has 0 spiro atoms. The first-order valence-electron chi connectivity index (χ1n) is 10.5. The summed E-state index contributed by atoms with van der Waals surface area (Å²) in [6.07, 6.45) is 0.534.